The summed E-state index contributed by atoms with van der Waals surface area (Å²) in [5.41, 5.74) is 5.95. The first kappa shape index (κ1) is 15.6. The lowest BCUT2D eigenvalue weighted by Crippen LogP contribution is -2.43. The molecule has 6 heteroatoms. The monoisotopic (exact) mass is 302 g/mol. The zero-order valence-corrected chi connectivity index (χ0v) is 12.7. The van der Waals surface area contributed by atoms with Gasteiger partial charge in [0.15, 0.2) is 6.61 Å². The van der Waals surface area contributed by atoms with E-state index in [0.29, 0.717) is 22.8 Å². The van der Waals surface area contributed by atoms with Crippen LogP contribution in [0, 0.1) is 20.8 Å². The standard InChI is InChI=1S/C16H18N2O4/c1-10-6-4-5-7-14(10)21-9-15(19)17-18-16(20)13-8-11(2)22-12(13)3/h4-8H,9H2,1-3H3,(H,17,19)(H,18,20). The van der Waals surface area contributed by atoms with Crippen LogP contribution in [0.4, 0.5) is 0 Å². The summed E-state index contributed by atoms with van der Waals surface area (Å²) in [6, 6.07) is 8.99. The number of hydrogen-bond donors (Lipinski definition) is 2. The minimum absolute atomic E-state index is 0.186. The topological polar surface area (TPSA) is 80.6 Å². The molecule has 0 saturated carbocycles. The average molecular weight is 302 g/mol. The second-order valence-electron chi connectivity index (χ2n) is 4.88. The molecular formula is C16H18N2O4. The molecule has 2 amide bonds. The summed E-state index contributed by atoms with van der Waals surface area (Å²) in [5, 5.41) is 0. The highest BCUT2D eigenvalue weighted by Gasteiger charge is 2.14. The Morgan fingerprint density at radius 2 is 1.86 bits per heavy atom. The molecule has 2 N–H and O–H groups in total. The summed E-state index contributed by atoms with van der Waals surface area (Å²) < 4.78 is 10.6. The molecule has 0 spiro atoms. The van der Waals surface area contributed by atoms with E-state index in [-0.39, 0.29) is 6.61 Å². The number of para-hydroxylation sites is 1. The van der Waals surface area contributed by atoms with Crippen LogP contribution >= 0.6 is 0 Å². The first-order valence-corrected chi connectivity index (χ1v) is 6.82. The van der Waals surface area contributed by atoms with Crippen LogP contribution in [-0.4, -0.2) is 18.4 Å². The number of amides is 2. The molecule has 0 saturated heterocycles. The van der Waals surface area contributed by atoms with E-state index in [1.54, 1.807) is 26.0 Å². The Labute approximate surface area is 128 Å². The number of hydrazine groups is 1. The Balaban J connectivity index is 1.82. The molecule has 22 heavy (non-hydrogen) atoms. The third-order valence-corrected chi connectivity index (χ3v) is 3.05. The lowest BCUT2D eigenvalue weighted by Gasteiger charge is -2.09. The number of rotatable bonds is 4. The fraction of sp³-hybridized carbons (Fsp3) is 0.250. The normalized spacial score (nSPS) is 10.1. The lowest BCUT2D eigenvalue weighted by molar-refractivity contribution is -0.123. The SMILES string of the molecule is Cc1cc(C(=O)NNC(=O)COc2ccccc2C)c(C)o1. The maximum atomic E-state index is 11.9. The van der Waals surface area contributed by atoms with Crippen LogP contribution in [0.3, 0.4) is 0 Å². The van der Waals surface area contributed by atoms with E-state index < -0.39 is 11.8 Å². The Kier molecular flexibility index (Phi) is 4.83. The Bertz CT molecular complexity index is 691. The number of nitrogens with one attached hydrogen (secondary N) is 2. The van der Waals surface area contributed by atoms with Crippen molar-refractivity contribution >= 4 is 11.8 Å². The quantitative estimate of drug-likeness (QED) is 0.847. The van der Waals surface area contributed by atoms with Gasteiger partial charge in [-0.1, -0.05) is 18.2 Å². The molecule has 1 aromatic heterocycles. The van der Waals surface area contributed by atoms with Crippen molar-refractivity contribution in [2.24, 2.45) is 0 Å². The summed E-state index contributed by atoms with van der Waals surface area (Å²) in [6.45, 7) is 5.14. The van der Waals surface area contributed by atoms with Crippen LogP contribution in [0.25, 0.3) is 0 Å². The number of benzene rings is 1. The van der Waals surface area contributed by atoms with Crippen molar-refractivity contribution in [1.29, 1.82) is 0 Å². The number of ether oxygens (including phenoxy) is 1. The van der Waals surface area contributed by atoms with Crippen molar-refractivity contribution in [2.75, 3.05) is 6.61 Å². The van der Waals surface area contributed by atoms with Gasteiger partial charge in [0.25, 0.3) is 11.8 Å². The fourth-order valence-corrected chi connectivity index (χ4v) is 1.95. The molecule has 1 heterocycles. The van der Waals surface area contributed by atoms with Gasteiger partial charge in [0.1, 0.15) is 17.3 Å². The minimum Gasteiger partial charge on any atom is -0.483 e. The lowest BCUT2D eigenvalue weighted by atomic mass is 10.2. The van der Waals surface area contributed by atoms with Crippen molar-refractivity contribution in [1.82, 2.24) is 10.9 Å². The Hall–Kier alpha value is -2.76. The number of aryl methyl sites for hydroxylation is 3. The number of carbonyl (C=O) groups excluding carboxylic acids is 2. The van der Waals surface area contributed by atoms with Crippen molar-refractivity contribution < 1.29 is 18.7 Å². The van der Waals surface area contributed by atoms with Gasteiger partial charge in [-0.15, -0.1) is 0 Å². The molecule has 116 valence electrons. The molecule has 0 aliphatic carbocycles. The van der Waals surface area contributed by atoms with Crippen LogP contribution < -0.4 is 15.6 Å². The smallest absolute Gasteiger partial charge is 0.276 e. The predicted octanol–water partition coefficient (Wildman–Crippen LogP) is 2.04. The van der Waals surface area contributed by atoms with E-state index in [4.69, 9.17) is 9.15 Å². The molecule has 0 atom stereocenters. The van der Waals surface area contributed by atoms with Gasteiger partial charge in [-0.25, -0.2) is 0 Å². The molecule has 0 radical (unpaired) electrons. The second kappa shape index (κ2) is 6.80. The highest BCUT2D eigenvalue weighted by molar-refractivity contribution is 5.96. The zero-order chi connectivity index (χ0) is 16.1. The van der Waals surface area contributed by atoms with Crippen molar-refractivity contribution in [3.63, 3.8) is 0 Å². The highest BCUT2D eigenvalue weighted by atomic mass is 16.5. The van der Waals surface area contributed by atoms with E-state index in [1.165, 1.54) is 0 Å². The largest absolute Gasteiger partial charge is 0.483 e. The third kappa shape index (κ3) is 3.88. The minimum atomic E-state index is -0.450. The molecule has 0 bridgehead atoms. The van der Waals surface area contributed by atoms with Crippen LogP contribution in [0.1, 0.15) is 27.4 Å². The second-order valence-corrected chi connectivity index (χ2v) is 4.88. The van der Waals surface area contributed by atoms with Gasteiger partial charge in [0.2, 0.25) is 0 Å². The molecular weight excluding hydrogens is 284 g/mol. The van der Waals surface area contributed by atoms with Crippen LogP contribution in [-0.2, 0) is 4.79 Å². The number of furan rings is 1. The van der Waals surface area contributed by atoms with E-state index in [1.807, 2.05) is 25.1 Å². The van der Waals surface area contributed by atoms with Gasteiger partial charge in [-0.3, -0.25) is 20.4 Å². The van der Waals surface area contributed by atoms with Crippen LogP contribution in [0.15, 0.2) is 34.7 Å². The van der Waals surface area contributed by atoms with Gasteiger partial charge in [0.05, 0.1) is 5.56 Å². The van der Waals surface area contributed by atoms with Gasteiger partial charge < -0.3 is 9.15 Å². The molecule has 6 nitrogen and oxygen atoms in total. The highest BCUT2D eigenvalue weighted by Crippen LogP contribution is 2.15. The fourth-order valence-electron chi connectivity index (χ4n) is 1.95. The van der Waals surface area contributed by atoms with Crippen molar-refractivity contribution in [3.8, 4) is 5.75 Å². The number of hydrogen-bond acceptors (Lipinski definition) is 4. The van der Waals surface area contributed by atoms with Crippen molar-refractivity contribution in [3.05, 3.63) is 53.0 Å². The molecule has 1 aromatic carbocycles. The first-order valence-electron chi connectivity index (χ1n) is 6.82. The maximum Gasteiger partial charge on any atom is 0.276 e. The molecule has 0 aliphatic rings. The molecule has 0 aliphatic heterocycles. The van der Waals surface area contributed by atoms with Gasteiger partial charge in [-0.2, -0.15) is 0 Å². The van der Waals surface area contributed by atoms with E-state index in [2.05, 4.69) is 10.9 Å². The van der Waals surface area contributed by atoms with E-state index in [9.17, 15) is 9.59 Å². The zero-order valence-electron chi connectivity index (χ0n) is 12.7. The molecule has 0 fully saturated rings. The summed E-state index contributed by atoms with van der Waals surface area (Å²) >= 11 is 0. The van der Waals surface area contributed by atoms with Crippen molar-refractivity contribution in [2.45, 2.75) is 20.8 Å². The Morgan fingerprint density at radius 3 is 2.50 bits per heavy atom. The molecule has 2 aromatic rings. The molecule has 2 rings (SSSR count). The summed E-state index contributed by atoms with van der Waals surface area (Å²) in [5.74, 6) is 0.885. The van der Waals surface area contributed by atoms with E-state index in [0.717, 1.165) is 5.56 Å². The summed E-state index contributed by atoms with van der Waals surface area (Å²) in [4.78, 5) is 23.6. The van der Waals surface area contributed by atoms with E-state index >= 15 is 0 Å². The first-order chi connectivity index (χ1) is 10.5. The predicted molar refractivity (Wildman–Crippen MR) is 80.5 cm³/mol. The summed E-state index contributed by atoms with van der Waals surface area (Å²) in [7, 11) is 0. The van der Waals surface area contributed by atoms with Gasteiger partial charge in [0, 0.05) is 0 Å². The maximum absolute atomic E-state index is 11.9. The third-order valence-electron chi connectivity index (χ3n) is 3.05. The van der Waals surface area contributed by atoms with Gasteiger partial charge >= 0.3 is 0 Å². The Morgan fingerprint density at radius 1 is 1.14 bits per heavy atom. The van der Waals surface area contributed by atoms with Crippen LogP contribution in [0.5, 0.6) is 5.75 Å². The summed E-state index contributed by atoms with van der Waals surface area (Å²) in [6.07, 6.45) is 0. The average Bonchev–Trinajstić information content (AvgIpc) is 2.82. The molecule has 0 unspecified atom stereocenters. The number of carbonyl (C=O) groups is 2. The van der Waals surface area contributed by atoms with Gasteiger partial charge in [-0.05, 0) is 38.5 Å². The van der Waals surface area contributed by atoms with Crippen LogP contribution in [0.2, 0.25) is 0 Å².